The molecule has 0 radical (unpaired) electrons. The summed E-state index contributed by atoms with van der Waals surface area (Å²) in [6.45, 7) is 5.57. The monoisotopic (exact) mass is 113 g/mol. The van der Waals surface area contributed by atoms with Crippen molar-refractivity contribution in [2.75, 3.05) is 19.7 Å². The lowest BCUT2D eigenvalue weighted by Gasteiger charge is -2.54. The number of nitrogens with zero attached hydrogens (tertiary/aromatic N) is 1. The Bertz CT molecular complexity index is 103. The predicted molar refractivity (Wildman–Crippen MR) is 30.8 cm³/mol. The molecule has 2 heterocycles. The van der Waals surface area contributed by atoms with Crippen LogP contribution in [0, 0.1) is 0 Å². The highest BCUT2D eigenvalue weighted by Crippen LogP contribution is 2.28. The van der Waals surface area contributed by atoms with Crippen LogP contribution >= 0.6 is 0 Å². The van der Waals surface area contributed by atoms with Crippen molar-refractivity contribution in [2.24, 2.45) is 0 Å². The molecule has 0 aromatic rings. The van der Waals surface area contributed by atoms with Gasteiger partial charge in [-0.3, -0.25) is 4.90 Å². The molecule has 0 N–H and O–H groups in total. The quantitative estimate of drug-likeness (QED) is 0.478. The molecule has 2 aliphatic rings. The Morgan fingerprint density at radius 3 is 2.75 bits per heavy atom. The standard InChI is InChI=1S/C6H11NO/c1-2-7-3-6-5(7)4-8-6/h5-6H,2-4H2,1H3. The minimum Gasteiger partial charge on any atom is -0.373 e. The van der Waals surface area contributed by atoms with Gasteiger partial charge in [0.15, 0.2) is 0 Å². The average Bonchev–Trinajstić information content (AvgIpc) is 1.76. The van der Waals surface area contributed by atoms with Gasteiger partial charge >= 0.3 is 0 Å². The first kappa shape index (κ1) is 4.77. The van der Waals surface area contributed by atoms with Gasteiger partial charge in [-0.25, -0.2) is 0 Å². The third kappa shape index (κ3) is 0.400. The van der Waals surface area contributed by atoms with E-state index in [1.165, 1.54) is 13.1 Å². The van der Waals surface area contributed by atoms with Crippen LogP contribution in [-0.4, -0.2) is 36.7 Å². The van der Waals surface area contributed by atoms with E-state index in [0.717, 1.165) is 12.6 Å². The molecule has 2 saturated heterocycles. The molecule has 2 rings (SSSR count). The summed E-state index contributed by atoms with van der Waals surface area (Å²) >= 11 is 0. The molecule has 0 aromatic carbocycles. The van der Waals surface area contributed by atoms with Crippen LogP contribution in [0.1, 0.15) is 6.92 Å². The van der Waals surface area contributed by atoms with Crippen molar-refractivity contribution >= 4 is 0 Å². The van der Waals surface area contributed by atoms with Crippen LogP contribution in [0.5, 0.6) is 0 Å². The molecule has 46 valence electrons. The van der Waals surface area contributed by atoms with E-state index in [2.05, 4.69) is 11.8 Å². The molecule has 2 nitrogen and oxygen atoms in total. The Kier molecular flexibility index (Phi) is 0.866. The van der Waals surface area contributed by atoms with Crippen LogP contribution in [0.2, 0.25) is 0 Å². The second kappa shape index (κ2) is 1.45. The Morgan fingerprint density at radius 2 is 2.62 bits per heavy atom. The van der Waals surface area contributed by atoms with Crippen molar-refractivity contribution in [1.82, 2.24) is 4.90 Å². The largest absolute Gasteiger partial charge is 0.373 e. The maximum atomic E-state index is 5.22. The third-order valence-electron chi connectivity index (χ3n) is 2.20. The van der Waals surface area contributed by atoms with Gasteiger partial charge < -0.3 is 4.74 Å². The number of hydrogen-bond acceptors (Lipinski definition) is 2. The molecule has 2 aliphatic heterocycles. The number of hydrogen-bond donors (Lipinski definition) is 0. The number of morpholine rings is 1. The SMILES string of the molecule is CCN1CC2OCC21. The van der Waals surface area contributed by atoms with Crippen LogP contribution in [0.15, 0.2) is 0 Å². The van der Waals surface area contributed by atoms with E-state index in [4.69, 9.17) is 4.74 Å². The topological polar surface area (TPSA) is 12.5 Å². The number of likely N-dealkylation sites (N-methyl/N-ethyl adjacent to an activating group) is 1. The van der Waals surface area contributed by atoms with E-state index in [9.17, 15) is 0 Å². The van der Waals surface area contributed by atoms with Crippen molar-refractivity contribution in [3.05, 3.63) is 0 Å². The first-order valence-electron chi connectivity index (χ1n) is 3.27. The van der Waals surface area contributed by atoms with Gasteiger partial charge in [0.05, 0.1) is 18.8 Å². The number of likely N-dealkylation sites (tertiary alicyclic amines) is 1. The van der Waals surface area contributed by atoms with Crippen LogP contribution in [0.3, 0.4) is 0 Å². The summed E-state index contributed by atoms with van der Waals surface area (Å²) in [7, 11) is 0. The Labute approximate surface area is 49.4 Å². The molecule has 0 amide bonds. The summed E-state index contributed by atoms with van der Waals surface area (Å²) in [4.78, 5) is 2.45. The predicted octanol–water partition coefficient (Wildman–Crippen LogP) is 0.0893. The van der Waals surface area contributed by atoms with E-state index in [1.54, 1.807) is 0 Å². The van der Waals surface area contributed by atoms with Gasteiger partial charge in [0.1, 0.15) is 0 Å². The fourth-order valence-corrected chi connectivity index (χ4v) is 1.43. The summed E-state index contributed by atoms with van der Waals surface area (Å²) in [5.41, 5.74) is 0. The number of ether oxygens (including phenoxy) is 1. The zero-order chi connectivity index (χ0) is 5.56. The van der Waals surface area contributed by atoms with Gasteiger partial charge in [0.2, 0.25) is 0 Å². The lowest BCUT2D eigenvalue weighted by atomic mass is 9.95. The van der Waals surface area contributed by atoms with Crippen molar-refractivity contribution in [2.45, 2.75) is 19.1 Å². The summed E-state index contributed by atoms with van der Waals surface area (Å²) in [5.74, 6) is 0. The fraction of sp³-hybridized carbons (Fsp3) is 1.00. The molecule has 0 aliphatic carbocycles. The molecule has 0 saturated carbocycles. The van der Waals surface area contributed by atoms with Gasteiger partial charge in [0, 0.05) is 6.54 Å². The van der Waals surface area contributed by atoms with Gasteiger partial charge in [-0.05, 0) is 6.54 Å². The lowest BCUT2D eigenvalue weighted by molar-refractivity contribution is -0.212. The van der Waals surface area contributed by atoms with Crippen molar-refractivity contribution in [1.29, 1.82) is 0 Å². The van der Waals surface area contributed by atoms with Crippen molar-refractivity contribution < 1.29 is 4.74 Å². The Morgan fingerprint density at radius 1 is 1.75 bits per heavy atom. The summed E-state index contributed by atoms with van der Waals surface area (Å²) in [5, 5.41) is 0. The highest BCUT2D eigenvalue weighted by atomic mass is 16.5. The first-order chi connectivity index (χ1) is 3.92. The second-order valence-electron chi connectivity index (χ2n) is 2.53. The van der Waals surface area contributed by atoms with E-state index in [1.807, 2.05) is 0 Å². The fourth-order valence-electron chi connectivity index (χ4n) is 1.43. The molecule has 2 atom stereocenters. The molecule has 2 heteroatoms. The number of rotatable bonds is 1. The maximum absolute atomic E-state index is 5.22. The van der Waals surface area contributed by atoms with E-state index in [-0.39, 0.29) is 0 Å². The maximum Gasteiger partial charge on any atom is 0.0880 e. The van der Waals surface area contributed by atoms with Gasteiger partial charge in [-0.1, -0.05) is 6.92 Å². The average molecular weight is 113 g/mol. The molecule has 2 unspecified atom stereocenters. The molecular weight excluding hydrogens is 102 g/mol. The van der Waals surface area contributed by atoms with Gasteiger partial charge in [-0.15, -0.1) is 0 Å². The van der Waals surface area contributed by atoms with Crippen LogP contribution in [0.4, 0.5) is 0 Å². The van der Waals surface area contributed by atoms with E-state index < -0.39 is 0 Å². The highest BCUT2D eigenvalue weighted by Gasteiger charge is 2.45. The minimum absolute atomic E-state index is 0.620. The minimum atomic E-state index is 0.620. The van der Waals surface area contributed by atoms with E-state index in [0.29, 0.717) is 6.10 Å². The smallest absolute Gasteiger partial charge is 0.0880 e. The Balaban J connectivity index is 1.89. The van der Waals surface area contributed by atoms with Crippen LogP contribution in [0.25, 0.3) is 0 Å². The third-order valence-corrected chi connectivity index (χ3v) is 2.20. The lowest BCUT2D eigenvalue weighted by Crippen LogP contribution is -2.70. The number of fused-ring (bicyclic) bond motifs is 1. The summed E-state index contributed by atoms with van der Waals surface area (Å²) < 4.78 is 5.22. The zero-order valence-electron chi connectivity index (χ0n) is 5.13. The second-order valence-corrected chi connectivity index (χ2v) is 2.53. The molecule has 0 aromatic heterocycles. The molecule has 0 spiro atoms. The molecular formula is C6H11NO. The zero-order valence-corrected chi connectivity index (χ0v) is 5.13. The summed E-state index contributed by atoms with van der Waals surface area (Å²) in [6, 6.07) is 0.806. The molecule has 2 fully saturated rings. The van der Waals surface area contributed by atoms with E-state index >= 15 is 0 Å². The Hall–Kier alpha value is -0.0800. The first-order valence-corrected chi connectivity index (χ1v) is 3.27. The normalized spacial score (nSPS) is 44.6. The van der Waals surface area contributed by atoms with Crippen molar-refractivity contribution in [3.63, 3.8) is 0 Å². The van der Waals surface area contributed by atoms with Crippen LogP contribution in [-0.2, 0) is 4.74 Å². The summed E-state index contributed by atoms with van der Waals surface area (Å²) in [6.07, 6.45) is 0.620. The molecule has 0 bridgehead atoms. The van der Waals surface area contributed by atoms with Crippen molar-refractivity contribution in [3.8, 4) is 0 Å². The van der Waals surface area contributed by atoms with Crippen LogP contribution < -0.4 is 0 Å². The molecule has 8 heavy (non-hydrogen) atoms. The van der Waals surface area contributed by atoms with Gasteiger partial charge in [0.25, 0.3) is 0 Å². The van der Waals surface area contributed by atoms with Gasteiger partial charge in [-0.2, -0.15) is 0 Å². The highest BCUT2D eigenvalue weighted by molar-refractivity contribution is 4.98.